The Bertz CT molecular complexity index is 508. The molecule has 1 saturated heterocycles. The quantitative estimate of drug-likeness (QED) is 0.766. The number of piperazine rings is 1. The summed E-state index contributed by atoms with van der Waals surface area (Å²) < 4.78 is 0. The summed E-state index contributed by atoms with van der Waals surface area (Å²) in [5.41, 5.74) is 5.97. The minimum atomic E-state index is -0.814. The lowest BCUT2D eigenvalue weighted by Crippen LogP contribution is -2.63. The van der Waals surface area contributed by atoms with Gasteiger partial charge in [0, 0.05) is 31.4 Å². The Labute approximate surface area is 113 Å². The lowest BCUT2D eigenvalue weighted by molar-refractivity contribution is -0.144. The summed E-state index contributed by atoms with van der Waals surface area (Å²) >= 11 is 0. The van der Waals surface area contributed by atoms with Gasteiger partial charge in [0.2, 0.25) is 5.91 Å². The molecule has 102 valence electrons. The molecule has 1 aliphatic heterocycles. The van der Waals surface area contributed by atoms with Gasteiger partial charge in [-0.3, -0.25) is 9.59 Å². The first-order valence-corrected chi connectivity index (χ1v) is 6.27. The summed E-state index contributed by atoms with van der Waals surface area (Å²) in [6.45, 7) is 4.65. The van der Waals surface area contributed by atoms with Crippen LogP contribution in [0.5, 0.6) is 0 Å². The molecule has 0 saturated carbocycles. The van der Waals surface area contributed by atoms with Crippen LogP contribution in [0.3, 0.4) is 0 Å². The van der Waals surface area contributed by atoms with Gasteiger partial charge in [-0.05, 0) is 38.1 Å². The van der Waals surface area contributed by atoms with E-state index in [9.17, 15) is 9.59 Å². The number of hydrogen-bond donors (Lipinski definition) is 1. The van der Waals surface area contributed by atoms with Crippen LogP contribution in [0.1, 0.15) is 24.2 Å². The maximum atomic E-state index is 12.5. The number of likely N-dealkylation sites (N-methyl/N-ethyl adjacent to an activating group) is 1. The maximum absolute atomic E-state index is 12.5. The van der Waals surface area contributed by atoms with E-state index in [0.29, 0.717) is 24.3 Å². The van der Waals surface area contributed by atoms with Crippen molar-refractivity contribution in [3.8, 4) is 0 Å². The summed E-state index contributed by atoms with van der Waals surface area (Å²) in [6, 6.07) is 6.77. The van der Waals surface area contributed by atoms with Crippen molar-refractivity contribution in [1.29, 1.82) is 0 Å². The van der Waals surface area contributed by atoms with Crippen LogP contribution in [-0.4, -0.2) is 47.3 Å². The molecule has 1 aliphatic rings. The Morgan fingerprint density at radius 3 is 2.37 bits per heavy atom. The predicted octanol–water partition coefficient (Wildman–Crippen LogP) is 0.962. The van der Waals surface area contributed by atoms with Crippen molar-refractivity contribution in [2.45, 2.75) is 19.4 Å². The largest absolute Gasteiger partial charge is 0.399 e. The van der Waals surface area contributed by atoms with Crippen molar-refractivity contribution >= 4 is 17.5 Å². The highest BCUT2D eigenvalue weighted by Crippen LogP contribution is 2.24. The van der Waals surface area contributed by atoms with E-state index in [1.165, 1.54) is 0 Å². The summed E-state index contributed by atoms with van der Waals surface area (Å²) in [4.78, 5) is 27.9. The van der Waals surface area contributed by atoms with Crippen molar-refractivity contribution in [1.82, 2.24) is 9.80 Å². The van der Waals surface area contributed by atoms with Crippen LogP contribution >= 0.6 is 0 Å². The Kier molecular flexibility index (Phi) is 3.22. The normalized spacial score (nSPS) is 18.6. The number of amides is 2. The van der Waals surface area contributed by atoms with Crippen LogP contribution in [0.4, 0.5) is 5.69 Å². The number of carbonyl (C=O) groups is 2. The number of nitrogens with zero attached hydrogens (tertiary/aromatic N) is 2. The monoisotopic (exact) mass is 261 g/mol. The fourth-order valence-corrected chi connectivity index (χ4v) is 2.35. The van der Waals surface area contributed by atoms with Crippen LogP contribution in [-0.2, 0) is 4.79 Å². The molecule has 2 rings (SSSR count). The molecule has 5 heteroatoms. The Balaban J connectivity index is 2.28. The third-order valence-electron chi connectivity index (χ3n) is 3.61. The van der Waals surface area contributed by atoms with E-state index in [1.807, 2.05) is 0 Å². The number of carbonyl (C=O) groups excluding carboxylic acids is 2. The second-order valence-electron chi connectivity index (χ2n) is 5.36. The second-order valence-corrected chi connectivity index (χ2v) is 5.36. The average Bonchev–Trinajstić information content (AvgIpc) is 2.36. The molecule has 0 radical (unpaired) electrons. The first-order valence-electron chi connectivity index (χ1n) is 6.27. The Hall–Kier alpha value is -2.04. The zero-order valence-corrected chi connectivity index (χ0v) is 11.5. The van der Waals surface area contributed by atoms with Crippen molar-refractivity contribution in [2.24, 2.45) is 0 Å². The van der Waals surface area contributed by atoms with Gasteiger partial charge in [-0.15, -0.1) is 0 Å². The minimum Gasteiger partial charge on any atom is -0.399 e. The van der Waals surface area contributed by atoms with Crippen LogP contribution in [0, 0.1) is 0 Å². The average molecular weight is 261 g/mol. The molecular formula is C14H19N3O2. The number of nitrogen functional groups attached to an aromatic ring is 1. The first-order chi connectivity index (χ1) is 8.84. The van der Waals surface area contributed by atoms with Crippen molar-refractivity contribution in [3.05, 3.63) is 29.8 Å². The molecule has 1 aromatic rings. The van der Waals surface area contributed by atoms with Gasteiger partial charge in [-0.2, -0.15) is 0 Å². The van der Waals surface area contributed by atoms with E-state index < -0.39 is 5.54 Å². The van der Waals surface area contributed by atoms with Crippen LogP contribution in [0.15, 0.2) is 24.3 Å². The van der Waals surface area contributed by atoms with E-state index in [-0.39, 0.29) is 11.8 Å². The fraction of sp³-hybridized carbons (Fsp3) is 0.429. The smallest absolute Gasteiger partial charge is 0.254 e. The predicted molar refractivity (Wildman–Crippen MR) is 73.6 cm³/mol. The molecule has 0 aromatic heterocycles. The van der Waals surface area contributed by atoms with Gasteiger partial charge >= 0.3 is 0 Å². The molecule has 1 heterocycles. The maximum Gasteiger partial charge on any atom is 0.254 e. The van der Waals surface area contributed by atoms with Gasteiger partial charge < -0.3 is 15.5 Å². The molecule has 2 amide bonds. The minimum absolute atomic E-state index is 0.0393. The molecule has 5 nitrogen and oxygen atoms in total. The first kappa shape index (κ1) is 13.4. The third-order valence-corrected chi connectivity index (χ3v) is 3.61. The van der Waals surface area contributed by atoms with E-state index in [0.717, 1.165) is 0 Å². The number of nitrogens with two attached hydrogens (primary N) is 1. The van der Waals surface area contributed by atoms with Crippen molar-refractivity contribution in [3.63, 3.8) is 0 Å². The zero-order valence-electron chi connectivity index (χ0n) is 11.5. The highest BCUT2D eigenvalue weighted by molar-refractivity contribution is 5.99. The zero-order chi connectivity index (χ0) is 14.2. The van der Waals surface area contributed by atoms with E-state index in [4.69, 9.17) is 5.73 Å². The third kappa shape index (κ3) is 2.28. The number of anilines is 1. The van der Waals surface area contributed by atoms with Crippen LogP contribution < -0.4 is 5.73 Å². The van der Waals surface area contributed by atoms with Gasteiger partial charge in [-0.1, -0.05) is 0 Å². The van der Waals surface area contributed by atoms with Crippen LogP contribution in [0.25, 0.3) is 0 Å². The van der Waals surface area contributed by atoms with E-state index in [2.05, 4.69) is 0 Å². The lowest BCUT2D eigenvalue weighted by atomic mass is 9.96. The summed E-state index contributed by atoms with van der Waals surface area (Å²) in [5, 5.41) is 0. The Morgan fingerprint density at radius 2 is 1.79 bits per heavy atom. The molecule has 0 unspecified atom stereocenters. The van der Waals surface area contributed by atoms with Gasteiger partial charge in [-0.25, -0.2) is 0 Å². The topological polar surface area (TPSA) is 66.6 Å². The highest BCUT2D eigenvalue weighted by Gasteiger charge is 2.43. The molecule has 0 bridgehead atoms. The number of benzene rings is 1. The molecule has 1 fully saturated rings. The van der Waals surface area contributed by atoms with Crippen molar-refractivity contribution < 1.29 is 9.59 Å². The van der Waals surface area contributed by atoms with Gasteiger partial charge in [0.05, 0.1) is 0 Å². The SMILES string of the molecule is CN1CCN(C(=O)c2ccc(N)cc2)C(C)(C)C1=O. The van der Waals surface area contributed by atoms with Gasteiger partial charge in [0.25, 0.3) is 5.91 Å². The van der Waals surface area contributed by atoms with Gasteiger partial charge in [0.1, 0.15) is 5.54 Å². The molecule has 0 spiro atoms. The molecule has 0 atom stereocenters. The second kappa shape index (κ2) is 4.57. The summed E-state index contributed by atoms with van der Waals surface area (Å²) in [5.74, 6) is -0.172. The van der Waals surface area contributed by atoms with Crippen molar-refractivity contribution in [2.75, 3.05) is 25.9 Å². The molecular weight excluding hydrogens is 242 g/mol. The number of hydrogen-bond acceptors (Lipinski definition) is 3. The number of rotatable bonds is 1. The summed E-state index contributed by atoms with van der Waals surface area (Å²) in [7, 11) is 1.76. The van der Waals surface area contributed by atoms with Crippen LogP contribution in [0.2, 0.25) is 0 Å². The molecule has 2 N–H and O–H groups in total. The fourth-order valence-electron chi connectivity index (χ4n) is 2.35. The summed E-state index contributed by atoms with van der Waals surface area (Å²) in [6.07, 6.45) is 0. The standard InChI is InChI=1S/C14H19N3O2/c1-14(2)13(19)16(3)8-9-17(14)12(18)10-4-6-11(15)7-5-10/h4-7H,8-9,15H2,1-3H3. The molecule has 19 heavy (non-hydrogen) atoms. The Morgan fingerprint density at radius 1 is 1.21 bits per heavy atom. The van der Waals surface area contributed by atoms with E-state index in [1.54, 1.807) is 55.0 Å². The molecule has 0 aliphatic carbocycles. The molecule has 1 aromatic carbocycles. The highest BCUT2D eigenvalue weighted by atomic mass is 16.2. The van der Waals surface area contributed by atoms with E-state index >= 15 is 0 Å². The lowest BCUT2D eigenvalue weighted by Gasteiger charge is -2.44. The van der Waals surface area contributed by atoms with Gasteiger partial charge in [0.15, 0.2) is 0 Å².